The van der Waals surface area contributed by atoms with Gasteiger partial charge < -0.3 is 0 Å². The van der Waals surface area contributed by atoms with Crippen LogP contribution in [0.3, 0.4) is 0 Å². The molecule has 0 atom stereocenters. The molecular formula is C22H20N2O2S. The molecule has 0 spiro atoms. The molecule has 0 aliphatic rings. The van der Waals surface area contributed by atoms with Crippen LogP contribution in [-0.2, 0) is 10.0 Å². The number of hydrogen-bond donors (Lipinski definition) is 1. The standard InChI is InChI=1S/C22H20N2O2S/c1-18-12-15-21(16-13-18)27(25,26)24-23-22(20-10-6-3-7-11-20)17-14-19-8-4-2-5-9-19/h2-17,24H,1H3/b17-14+,23-22+. The molecule has 0 radical (unpaired) electrons. The fourth-order valence-electron chi connectivity index (χ4n) is 2.43. The fourth-order valence-corrected chi connectivity index (χ4v) is 3.24. The van der Waals surface area contributed by atoms with E-state index in [1.54, 1.807) is 30.3 Å². The highest BCUT2D eigenvalue weighted by Crippen LogP contribution is 2.11. The molecule has 1 N–H and O–H groups in total. The van der Waals surface area contributed by atoms with Crippen LogP contribution >= 0.6 is 0 Å². The lowest BCUT2D eigenvalue weighted by atomic mass is 10.1. The van der Waals surface area contributed by atoms with Gasteiger partial charge in [-0.05, 0) is 30.7 Å². The van der Waals surface area contributed by atoms with Gasteiger partial charge in [0.15, 0.2) is 0 Å². The molecule has 5 heteroatoms. The summed E-state index contributed by atoms with van der Waals surface area (Å²) in [6, 6.07) is 25.8. The first-order chi connectivity index (χ1) is 13.0. The maximum Gasteiger partial charge on any atom is 0.276 e. The number of benzene rings is 3. The molecule has 0 unspecified atom stereocenters. The Balaban J connectivity index is 1.90. The fraction of sp³-hybridized carbons (Fsp3) is 0.0455. The second-order valence-electron chi connectivity index (χ2n) is 6.01. The minimum absolute atomic E-state index is 0.177. The third-order valence-electron chi connectivity index (χ3n) is 3.92. The number of hydrogen-bond acceptors (Lipinski definition) is 3. The lowest BCUT2D eigenvalue weighted by molar-refractivity contribution is 0.584. The van der Waals surface area contributed by atoms with Crippen molar-refractivity contribution in [3.8, 4) is 0 Å². The van der Waals surface area contributed by atoms with Gasteiger partial charge in [-0.3, -0.25) is 0 Å². The summed E-state index contributed by atoms with van der Waals surface area (Å²) in [6.45, 7) is 1.91. The topological polar surface area (TPSA) is 58.5 Å². The molecule has 4 nitrogen and oxygen atoms in total. The van der Waals surface area contributed by atoms with E-state index in [2.05, 4.69) is 9.93 Å². The number of nitrogens with zero attached hydrogens (tertiary/aromatic N) is 1. The van der Waals surface area contributed by atoms with Crippen LogP contribution in [0.4, 0.5) is 0 Å². The van der Waals surface area contributed by atoms with Gasteiger partial charge in [0.2, 0.25) is 0 Å². The first-order valence-electron chi connectivity index (χ1n) is 8.49. The van der Waals surface area contributed by atoms with Crippen molar-refractivity contribution in [2.45, 2.75) is 11.8 Å². The molecule has 0 bridgehead atoms. The van der Waals surface area contributed by atoms with Crippen molar-refractivity contribution in [2.24, 2.45) is 5.10 Å². The molecule has 3 rings (SSSR count). The van der Waals surface area contributed by atoms with Crippen molar-refractivity contribution in [1.29, 1.82) is 0 Å². The van der Waals surface area contributed by atoms with E-state index in [1.807, 2.05) is 73.7 Å². The third-order valence-corrected chi connectivity index (χ3v) is 5.14. The number of sulfonamides is 1. The Labute approximate surface area is 159 Å². The average molecular weight is 376 g/mol. The van der Waals surface area contributed by atoms with Gasteiger partial charge in [0.25, 0.3) is 10.0 Å². The van der Waals surface area contributed by atoms with Crippen molar-refractivity contribution >= 4 is 21.8 Å². The zero-order valence-electron chi connectivity index (χ0n) is 14.9. The van der Waals surface area contributed by atoms with Gasteiger partial charge in [0.05, 0.1) is 10.6 Å². The Hall–Kier alpha value is -3.18. The van der Waals surface area contributed by atoms with Crippen LogP contribution < -0.4 is 4.83 Å². The second kappa shape index (κ2) is 8.47. The molecule has 136 valence electrons. The molecule has 0 fully saturated rings. The first-order valence-corrected chi connectivity index (χ1v) is 9.98. The van der Waals surface area contributed by atoms with E-state index < -0.39 is 10.0 Å². The predicted molar refractivity (Wildman–Crippen MR) is 110 cm³/mol. The molecule has 27 heavy (non-hydrogen) atoms. The first kappa shape index (κ1) is 18.6. The quantitative estimate of drug-likeness (QED) is 0.512. The summed E-state index contributed by atoms with van der Waals surface area (Å²) in [7, 11) is -3.73. The maximum atomic E-state index is 12.5. The lowest BCUT2D eigenvalue weighted by Crippen LogP contribution is -2.20. The van der Waals surface area contributed by atoms with Gasteiger partial charge in [-0.25, -0.2) is 0 Å². The molecule has 0 amide bonds. The van der Waals surface area contributed by atoms with E-state index in [0.29, 0.717) is 5.71 Å². The molecule has 0 heterocycles. The Bertz CT molecular complexity index is 1040. The van der Waals surface area contributed by atoms with Crippen molar-refractivity contribution < 1.29 is 8.42 Å². The predicted octanol–water partition coefficient (Wildman–Crippen LogP) is 4.39. The Morgan fingerprint density at radius 2 is 1.44 bits per heavy atom. The Kier molecular flexibility index (Phi) is 5.84. The summed E-state index contributed by atoms with van der Waals surface area (Å²) >= 11 is 0. The largest absolute Gasteiger partial charge is 0.276 e. The normalized spacial score (nSPS) is 12.3. The zero-order chi connectivity index (χ0) is 19.1. The molecule has 0 saturated heterocycles. The molecule has 0 aliphatic heterocycles. The van der Waals surface area contributed by atoms with Gasteiger partial charge in [0, 0.05) is 5.56 Å². The Morgan fingerprint density at radius 3 is 2.07 bits per heavy atom. The lowest BCUT2D eigenvalue weighted by Gasteiger charge is -2.06. The second-order valence-corrected chi connectivity index (χ2v) is 7.68. The molecule has 0 saturated carbocycles. The number of rotatable bonds is 6. The summed E-state index contributed by atoms with van der Waals surface area (Å²) in [6.07, 6.45) is 3.69. The minimum atomic E-state index is -3.73. The van der Waals surface area contributed by atoms with E-state index in [9.17, 15) is 8.42 Å². The maximum absolute atomic E-state index is 12.5. The molecule has 0 aromatic heterocycles. The summed E-state index contributed by atoms with van der Waals surface area (Å²) in [5.74, 6) is 0. The van der Waals surface area contributed by atoms with Crippen LogP contribution in [0.15, 0.2) is 101 Å². The summed E-state index contributed by atoms with van der Waals surface area (Å²) in [5.41, 5.74) is 3.34. The van der Waals surface area contributed by atoms with E-state index >= 15 is 0 Å². The van der Waals surface area contributed by atoms with E-state index in [4.69, 9.17) is 0 Å². The number of hydrazone groups is 1. The SMILES string of the molecule is Cc1ccc(S(=O)(=O)N/N=C(\C=C\c2ccccc2)c2ccccc2)cc1. The van der Waals surface area contributed by atoms with Crippen molar-refractivity contribution in [2.75, 3.05) is 0 Å². The van der Waals surface area contributed by atoms with Crippen LogP contribution in [0.2, 0.25) is 0 Å². The number of aryl methyl sites for hydroxylation is 1. The van der Waals surface area contributed by atoms with Crippen molar-refractivity contribution in [3.05, 3.63) is 108 Å². The van der Waals surface area contributed by atoms with Gasteiger partial charge in [-0.1, -0.05) is 84.4 Å². The smallest absolute Gasteiger partial charge is 0.200 e. The van der Waals surface area contributed by atoms with Crippen molar-refractivity contribution in [3.63, 3.8) is 0 Å². The van der Waals surface area contributed by atoms with E-state index in [-0.39, 0.29) is 4.90 Å². The number of nitrogens with one attached hydrogen (secondary N) is 1. The van der Waals surface area contributed by atoms with E-state index in [1.165, 1.54) is 0 Å². The summed E-state index contributed by atoms with van der Waals surface area (Å²) in [5, 5.41) is 4.17. The van der Waals surface area contributed by atoms with Crippen LogP contribution in [0, 0.1) is 6.92 Å². The van der Waals surface area contributed by atoms with Crippen LogP contribution in [0.1, 0.15) is 16.7 Å². The molecule has 3 aromatic carbocycles. The molecule has 0 aliphatic carbocycles. The minimum Gasteiger partial charge on any atom is -0.200 e. The number of allylic oxidation sites excluding steroid dienone is 1. The summed E-state index contributed by atoms with van der Waals surface area (Å²) in [4.78, 5) is 2.52. The highest BCUT2D eigenvalue weighted by molar-refractivity contribution is 7.89. The highest BCUT2D eigenvalue weighted by Gasteiger charge is 2.13. The van der Waals surface area contributed by atoms with Crippen LogP contribution in [0.25, 0.3) is 6.08 Å². The molecular weight excluding hydrogens is 356 g/mol. The highest BCUT2D eigenvalue weighted by atomic mass is 32.2. The average Bonchev–Trinajstić information content (AvgIpc) is 2.70. The molecule has 3 aromatic rings. The van der Waals surface area contributed by atoms with E-state index in [0.717, 1.165) is 16.7 Å². The van der Waals surface area contributed by atoms with Crippen LogP contribution in [0.5, 0.6) is 0 Å². The van der Waals surface area contributed by atoms with Gasteiger partial charge in [-0.15, -0.1) is 0 Å². The third kappa shape index (κ3) is 5.15. The van der Waals surface area contributed by atoms with Crippen molar-refractivity contribution in [1.82, 2.24) is 4.83 Å². The summed E-state index contributed by atoms with van der Waals surface area (Å²) < 4.78 is 25.0. The monoisotopic (exact) mass is 376 g/mol. The van der Waals surface area contributed by atoms with Gasteiger partial charge >= 0.3 is 0 Å². The van der Waals surface area contributed by atoms with Gasteiger partial charge in [-0.2, -0.15) is 18.4 Å². The van der Waals surface area contributed by atoms with Gasteiger partial charge in [0.1, 0.15) is 0 Å². The zero-order valence-corrected chi connectivity index (χ0v) is 15.7. The van der Waals surface area contributed by atoms with Crippen LogP contribution in [-0.4, -0.2) is 14.1 Å². The Morgan fingerprint density at radius 1 is 0.852 bits per heavy atom.